The zero-order valence-corrected chi connectivity index (χ0v) is 65.7. The molecule has 2 fully saturated rings. The van der Waals surface area contributed by atoms with E-state index in [-0.39, 0.29) is 12.5 Å². The van der Waals surface area contributed by atoms with Crippen molar-refractivity contribution in [2.24, 2.45) is 0 Å². The molecule has 2 aliphatic heterocycles. The Morgan fingerprint density at radius 2 is 0.653 bits per heavy atom. The van der Waals surface area contributed by atoms with Gasteiger partial charge in [-0.05, 0) is 51.4 Å². The van der Waals surface area contributed by atoms with Crippen LogP contribution in [0.1, 0.15) is 418 Å². The lowest BCUT2D eigenvalue weighted by atomic mass is 9.97. The van der Waals surface area contributed by atoms with Gasteiger partial charge in [0.05, 0.1) is 32.0 Å². The third-order valence-electron chi connectivity index (χ3n) is 21.6. The molecule has 596 valence electrons. The summed E-state index contributed by atoms with van der Waals surface area (Å²) in [6.45, 7) is 2.92. The first-order chi connectivity index (χ1) is 49.6. The van der Waals surface area contributed by atoms with E-state index in [1.165, 1.54) is 327 Å². The number of unbranched alkanes of at least 4 members (excludes halogenated alkanes) is 56. The van der Waals surface area contributed by atoms with Gasteiger partial charge in [-0.1, -0.05) is 397 Å². The first-order valence-corrected chi connectivity index (χ1v) is 43.7. The van der Waals surface area contributed by atoms with E-state index in [0.29, 0.717) is 12.8 Å². The Morgan fingerprint density at radius 3 is 1.00 bits per heavy atom. The molecule has 14 heteroatoms. The summed E-state index contributed by atoms with van der Waals surface area (Å²) in [5.74, 6) is -0.196. The maximum atomic E-state index is 13.4. The lowest BCUT2D eigenvalue weighted by molar-refractivity contribution is -0.359. The van der Waals surface area contributed by atoms with Gasteiger partial charge in [0.1, 0.15) is 48.8 Å². The van der Waals surface area contributed by atoms with Gasteiger partial charge in [-0.15, -0.1) is 0 Å². The van der Waals surface area contributed by atoms with Gasteiger partial charge in [0.2, 0.25) is 5.91 Å². The summed E-state index contributed by atoms with van der Waals surface area (Å²) < 4.78 is 23.0. The van der Waals surface area contributed by atoms with Crippen molar-refractivity contribution in [2.45, 2.75) is 492 Å². The van der Waals surface area contributed by atoms with Crippen molar-refractivity contribution in [3.8, 4) is 0 Å². The summed E-state index contributed by atoms with van der Waals surface area (Å²) in [6.07, 6.45) is 77.8. The number of hydrogen-bond donors (Lipinski definition) is 9. The van der Waals surface area contributed by atoms with E-state index < -0.39 is 86.8 Å². The molecule has 14 nitrogen and oxygen atoms in total. The molecule has 0 saturated carbocycles. The van der Waals surface area contributed by atoms with Crippen LogP contribution >= 0.6 is 0 Å². The van der Waals surface area contributed by atoms with Crippen molar-refractivity contribution in [3.63, 3.8) is 0 Å². The number of hydrogen-bond acceptors (Lipinski definition) is 13. The lowest BCUT2D eigenvalue weighted by Gasteiger charge is -2.46. The number of carbonyl (C=O) groups excluding carboxylic acids is 1. The number of ether oxygens (including phenoxy) is 4. The molecule has 0 bridgehead atoms. The second-order valence-corrected chi connectivity index (χ2v) is 31.0. The molecule has 2 rings (SSSR count). The van der Waals surface area contributed by atoms with E-state index in [1.807, 2.05) is 0 Å². The molecule has 1 amide bonds. The Labute approximate surface area is 621 Å². The van der Waals surface area contributed by atoms with Crippen LogP contribution < -0.4 is 5.32 Å². The highest BCUT2D eigenvalue weighted by Gasteiger charge is 2.51. The molecule has 0 radical (unpaired) electrons. The first-order valence-electron chi connectivity index (χ1n) is 43.7. The highest BCUT2D eigenvalue weighted by molar-refractivity contribution is 5.76. The van der Waals surface area contributed by atoms with E-state index in [1.54, 1.807) is 0 Å². The van der Waals surface area contributed by atoms with E-state index in [9.17, 15) is 45.6 Å². The molecule has 0 aromatic heterocycles. The highest BCUT2D eigenvalue weighted by atomic mass is 16.7. The van der Waals surface area contributed by atoms with Gasteiger partial charge in [-0.25, -0.2) is 0 Å². The number of allylic oxidation sites excluding steroid dienone is 6. The SMILES string of the molecule is CCCCCCC/C=C\C/C=C\C/C=C\CCCCCCCCCCCCCCCCCCCCCCCCCCCCC(=O)NC(COC1OC(CO)C(OC2OC(CO)C(O)C(O)C2O)C(O)C1O)C(O)CCCCCCCCCCCCCCCCCCCCCCCCCCCC. The number of aliphatic hydroxyl groups excluding tert-OH is 8. The largest absolute Gasteiger partial charge is 0.394 e. The number of aliphatic hydroxyl groups is 8. The molecule has 2 saturated heterocycles. The van der Waals surface area contributed by atoms with Crippen LogP contribution in [0, 0.1) is 0 Å². The van der Waals surface area contributed by atoms with E-state index in [2.05, 4.69) is 55.6 Å². The van der Waals surface area contributed by atoms with E-state index in [4.69, 9.17) is 18.9 Å². The van der Waals surface area contributed by atoms with Crippen molar-refractivity contribution in [1.82, 2.24) is 5.32 Å². The Bertz CT molecular complexity index is 1840. The fourth-order valence-corrected chi connectivity index (χ4v) is 14.7. The molecule has 0 aromatic rings. The number of carbonyl (C=O) groups is 1. The van der Waals surface area contributed by atoms with Crippen molar-refractivity contribution in [1.29, 1.82) is 0 Å². The molecule has 2 heterocycles. The summed E-state index contributed by atoms with van der Waals surface area (Å²) in [4.78, 5) is 13.4. The second kappa shape index (κ2) is 71.1. The minimum absolute atomic E-state index is 0.196. The fraction of sp³-hybridized carbons (Fsp3) is 0.920. The monoisotopic (exact) mass is 1430 g/mol. The quantitative estimate of drug-likeness (QED) is 0.0204. The number of nitrogens with one attached hydrogen (secondary N) is 1. The molecular weight excluding hydrogens is 1270 g/mol. The van der Waals surface area contributed by atoms with Crippen LogP contribution in [0.5, 0.6) is 0 Å². The van der Waals surface area contributed by atoms with Gasteiger partial charge in [0.15, 0.2) is 12.6 Å². The molecule has 101 heavy (non-hydrogen) atoms. The summed E-state index contributed by atoms with van der Waals surface area (Å²) in [6, 6.07) is -0.828. The average molecular weight is 1430 g/mol. The molecule has 9 N–H and O–H groups in total. The van der Waals surface area contributed by atoms with Crippen LogP contribution in [0.3, 0.4) is 0 Å². The van der Waals surface area contributed by atoms with Crippen molar-refractivity contribution in [2.75, 3.05) is 19.8 Å². The van der Waals surface area contributed by atoms with Crippen molar-refractivity contribution in [3.05, 3.63) is 36.5 Å². The van der Waals surface area contributed by atoms with Crippen LogP contribution in [0.15, 0.2) is 36.5 Å². The standard InChI is InChI=1S/C87H165NO13/c1-3-5-7-9-11-13-15-17-19-21-23-25-27-29-31-32-33-34-35-36-37-38-39-40-41-42-43-44-45-47-49-51-53-55-57-59-61-63-65-67-69-71-79(92)88-75(74-98-86-84(97)82(95)85(78(73-90)100-86)101-87-83(96)81(94)80(93)77(72-89)99-87)76(91)70-68-66-64-62-60-58-56-54-52-50-48-46-30-28-26-24-22-20-18-16-14-12-10-8-6-4-2/h15,17,21,23,27,29,75-78,80-87,89-91,93-97H,3-14,16,18-20,22,24-26,28,30-74H2,1-2H3,(H,88,92)/b17-15-,23-21-,29-27-. The predicted molar refractivity (Wildman–Crippen MR) is 420 cm³/mol. The Morgan fingerprint density at radius 1 is 0.356 bits per heavy atom. The average Bonchev–Trinajstić information content (AvgIpc) is 0.792. The van der Waals surface area contributed by atoms with E-state index in [0.717, 1.165) is 64.2 Å². The summed E-state index contributed by atoms with van der Waals surface area (Å²) >= 11 is 0. The number of rotatable bonds is 75. The van der Waals surface area contributed by atoms with Gasteiger partial charge in [-0.2, -0.15) is 0 Å². The van der Waals surface area contributed by atoms with Crippen LogP contribution in [-0.2, 0) is 23.7 Å². The second-order valence-electron chi connectivity index (χ2n) is 31.0. The van der Waals surface area contributed by atoms with Crippen LogP contribution in [0.4, 0.5) is 0 Å². The lowest BCUT2D eigenvalue weighted by Crippen LogP contribution is -2.65. The van der Waals surface area contributed by atoms with Gasteiger partial charge >= 0.3 is 0 Å². The van der Waals surface area contributed by atoms with E-state index >= 15 is 0 Å². The molecular formula is C87H165NO13. The zero-order chi connectivity index (χ0) is 73.0. The van der Waals surface area contributed by atoms with Crippen molar-refractivity contribution < 1.29 is 64.6 Å². The van der Waals surface area contributed by atoms with Crippen LogP contribution in [-0.4, -0.2) is 140 Å². The first kappa shape index (κ1) is 95.3. The maximum absolute atomic E-state index is 13.4. The minimum Gasteiger partial charge on any atom is -0.394 e. The van der Waals surface area contributed by atoms with Crippen LogP contribution in [0.25, 0.3) is 0 Å². The fourth-order valence-electron chi connectivity index (χ4n) is 14.7. The third kappa shape index (κ3) is 53.6. The molecule has 12 atom stereocenters. The number of amides is 1. The molecule has 0 aromatic carbocycles. The van der Waals surface area contributed by atoms with Gasteiger partial charge in [0, 0.05) is 6.42 Å². The van der Waals surface area contributed by atoms with Crippen LogP contribution in [0.2, 0.25) is 0 Å². The van der Waals surface area contributed by atoms with Gasteiger partial charge in [-0.3, -0.25) is 4.79 Å². The zero-order valence-electron chi connectivity index (χ0n) is 65.7. The molecule has 0 aliphatic carbocycles. The topological polar surface area (TPSA) is 228 Å². The predicted octanol–water partition coefficient (Wildman–Crippen LogP) is 20.8. The Kier molecular flexibility index (Phi) is 67.1. The summed E-state index contributed by atoms with van der Waals surface area (Å²) in [7, 11) is 0. The Hall–Kier alpha value is -1.79. The van der Waals surface area contributed by atoms with Gasteiger partial charge < -0.3 is 65.1 Å². The van der Waals surface area contributed by atoms with Gasteiger partial charge in [0.25, 0.3) is 0 Å². The van der Waals surface area contributed by atoms with Crippen molar-refractivity contribution >= 4 is 5.91 Å². The third-order valence-corrected chi connectivity index (χ3v) is 21.6. The molecule has 12 unspecified atom stereocenters. The summed E-state index contributed by atoms with van der Waals surface area (Å²) in [5.41, 5.74) is 0. The minimum atomic E-state index is -1.78. The highest BCUT2D eigenvalue weighted by Crippen LogP contribution is 2.31. The smallest absolute Gasteiger partial charge is 0.220 e. The molecule has 2 aliphatic rings. The maximum Gasteiger partial charge on any atom is 0.220 e. The normalized spacial score (nSPS) is 21.8. The summed E-state index contributed by atoms with van der Waals surface area (Å²) in [5, 5.41) is 88.0. The molecule has 0 spiro atoms. The Balaban J connectivity index is 1.54.